The Morgan fingerprint density at radius 3 is 2.58 bits per heavy atom. The Morgan fingerprint density at radius 2 is 2.00 bits per heavy atom. The highest BCUT2D eigenvalue weighted by molar-refractivity contribution is 7.89. The molecule has 132 valence electrons. The predicted octanol–water partition coefficient (Wildman–Crippen LogP) is 0.999. The number of carbonyl (C=O) groups is 2. The number of amides is 1. The molecule has 24 heavy (non-hydrogen) atoms. The standard InChI is InChI=1S/C15H20N2O6S/c1-10-6-8-16(9-10)14(18)11-3-2-7-17(11)24(21,22)13-5-4-12(23-13)15(19)20/h4-5,10-11H,2-3,6-9H2,1H3,(H,19,20). The zero-order chi connectivity index (χ0) is 17.5. The first-order valence-corrected chi connectivity index (χ1v) is 9.38. The molecule has 2 atom stereocenters. The van der Waals surface area contributed by atoms with Crippen molar-refractivity contribution < 1.29 is 27.5 Å². The van der Waals surface area contributed by atoms with E-state index in [4.69, 9.17) is 9.52 Å². The molecule has 0 aliphatic carbocycles. The van der Waals surface area contributed by atoms with Crippen LogP contribution in [-0.2, 0) is 14.8 Å². The van der Waals surface area contributed by atoms with Crippen molar-refractivity contribution >= 4 is 21.9 Å². The molecular weight excluding hydrogens is 336 g/mol. The second-order valence-electron chi connectivity index (χ2n) is 6.38. The van der Waals surface area contributed by atoms with Crippen molar-refractivity contribution in [3.8, 4) is 0 Å². The molecule has 2 aliphatic heterocycles. The summed E-state index contributed by atoms with van der Waals surface area (Å²) in [5.74, 6) is -1.53. The van der Waals surface area contributed by atoms with Crippen molar-refractivity contribution in [1.82, 2.24) is 9.21 Å². The second-order valence-corrected chi connectivity index (χ2v) is 8.20. The summed E-state index contributed by atoms with van der Waals surface area (Å²) in [5, 5.41) is 8.44. The van der Waals surface area contributed by atoms with Crippen LogP contribution in [0.1, 0.15) is 36.7 Å². The number of nitrogens with zero attached hydrogens (tertiary/aromatic N) is 2. The summed E-state index contributed by atoms with van der Waals surface area (Å²) in [6.45, 7) is 3.58. The Labute approximate surface area is 140 Å². The molecule has 0 aromatic carbocycles. The van der Waals surface area contributed by atoms with Gasteiger partial charge in [-0.15, -0.1) is 0 Å². The SMILES string of the molecule is CC1CCN(C(=O)C2CCCN2S(=O)(=O)c2ccc(C(=O)O)o2)C1. The number of likely N-dealkylation sites (tertiary alicyclic amines) is 1. The number of sulfonamides is 1. The topological polar surface area (TPSA) is 108 Å². The van der Waals surface area contributed by atoms with Crippen LogP contribution in [0.3, 0.4) is 0 Å². The fourth-order valence-corrected chi connectivity index (χ4v) is 4.88. The number of carboxylic acids is 1. The van der Waals surface area contributed by atoms with Gasteiger partial charge in [0.2, 0.25) is 16.8 Å². The number of furan rings is 1. The third-order valence-corrected chi connectivity index (χ3v) is 6.36. The van der Waals surface area contributed by atoms with Crippen LogP contribution in [-0.4, -0.2) is 60.3 Å². The molecule has 0 spiro atoms. The minimum Gasteiger partial charge on any atom is -0.475 e. The Kier molecular flexibility index (Phi) is 4.39. The van der Waals surface area contributed by atoms with Crippen molar-refractivity contribution in [3.63, 3.8) is 0 Å². The normalized spacial score (nSPS) is 25.3. The monoisotopic (exact) mass is 356 g/mol. The fourth-order valence-electron chi connectivity index (χ4n) is 3.31. The van der Waals surface area contributed by atoms with Crippen molar-refractivity contribution in [3.05, 3.63) is 17.9 Å². The quantitative estimate of drug-likeness (QED) is 0.862. The number of rotatable bonds is 4. The number of aromatic carboxylic acids is 1. The van der Waals surface area contributed by atoms with E-state index in [9.17, 15) is 18.0 Å². The van der Waals surface area contributed by atoms with Gasteiger partial charge in [0.15, 0.2) is 0 Å². The lowest BCUT2D eigenvalue weighted by Gasteiger charge is -2.26. The first-order chi connectivity index (χ1) is 11.3. The molecule has 1 aromatic heterocycles. The van der Waals surface area contributed by atoms with Crippen molar-refractivity contribution in [2.45, 2.75) is 37.3 Å². The number of carboxylic acid groups (broad SMARTS) is 1. The van der Waals surface area contributed by atoms with Crippen LogP contribution >= 0.6 is 0 Å². The van der Waals surface area contributed by atoms with Crippen LogP contribution in [0.2, 0.25) is 0 Å². The highest BCUT2D eigenvalue weighted by Gasteiger charge is 2.43. The minimum absolute atomic E-state index is 0.176. The third-order valence-electron chi connectivity index (χ3n) is 4.58. The van der Waals surface area contributed by atoms with E-state index in [1.54, 1.807) is 4.90 Å². The summed E-state index contributed by atoms with van der Waals surface area (Å²) >= 11 is 0. The van der Waals surface area contributed by atoms with E-state index < -0.39 is 32.9 Å². The highest BCUT2D eigenvalue weighted by atomic mass is 32.2. The highest BCUT2D eigenvalue weighted by Crippen LogP contribution is 2.29. The van der Waals surface area contributed by atoms with E-state index in [2.05, 4.69) is 6.92 Å². The van der Waals surface area contributed by atoms with Crippen LogP contribution in [0.5, 0.6) is 0 Å². The fraction of sp³-hybridized carbons (Fsp3) is 0.600. The summed E-state index contributed by atoms with van der Waals surface area (Å²) in [7, 11) is -4.03. The van der Waals surface area contributed by atoms with Crippen molar-refractivity contribution in [2.75, 3.05) is 19.6 Å². The molecule has 2 fully saturated rings. The third kappa shape index (κ3) is 2.93. The summed E-state index contributed by atoms with van der Waals surface area (Å²) in [6.07, 6.45) is 1.98. The van der Waals surface area contributed by atoms with Gasteiger partial charge in [0.25, 0.3) is 10.0 Å². The summed E-state index contributed by atoms with van der Waals surface area (Å²) in [5.41, 5.74) is 0. The summed E-state index contributed by atoms with van der Waals surface area (Å²) < 4.78 is 31.5. The van der Waals surface area contributed by atoms with E-state index in [0.717, 1.165) is 22.9 Å². The van der Waals surface area contributed by atoms with Gasteiger partial charge in [0.1, 0.15) is 6.04 Å². The van der Waals surface area contributed by atoms with Gasteiger partial charge in [0, 0.05) is 19.6 Å². The molecule has 0 radical (unpaired) electrons. The van der Waals surface area contributed by atoms with E-state index in [-0.39, 0.29) is 12.5 Å². The number of hydrogen-bond donors (Lipinski definition) is 1. The molecule has 2 aliphatic rings. The molecule has 8 nitrogen and oxygen atoms in total. The average Bonchev–Trinajstić information content (AvgIpc) is 3.26. The molecule has 0 bridgehead atoms. The lowest BCUT2D eigenvalue weighted by atomic mass is 10.2. The Morgan fingerprint density at radius 1 is 1.25 bits per heavy atom. The average molecular weight is 356 g/mol. The van der Waals surface area contributed by atoms with Gasteiger partial charge >= 0.3 is 5.97 Å². The summed E-state index contributed by atoms with van der Waals surface area (Å²) in [4.78, 5) is 25.3. The van der Waals surface area contributed by atoms with Crippen LogP contribution in [0.15, 0.2) is 21.6 Å². The van der Waals surface area contributed by atoms with Crippen molar-refractivity contribution in [1.29, 1.82) is 0 Å². The Balaban J connectivity index is 1.83. The van der Waals surface area contributed by atoms with Crippen LogP contribution in [0.25, 0.3) is 0 Å². The lowest BCUT2D eigenvalue weighted by Crippen LogP contribution is -2.47. The van der Waals surface area contributed by atoms with Crippen LogP contribution in [0.4, 0.5) is 0 Å². The smallest absolute Gasteiger partial charge is 0.371 e. The van der Waals surface area contributed by atoms with Gasteiger partial charge in [-0.25, -0.2) is 13.2 Å². The largest absolute Gasteiger partial charge is 0.475 e. The zero-order valence-electron chi connectivity index (χ0n) is 13.3. The molecule has 1 aromatic rings. The first-order valence-electron chi connectivity index (χ1n) is 7.94. The van der Waals surface area contributed by atoms with Gasteiger partial charge in [-0.2, -0.15) is 4.31 Å². The molecule has 2 saturated heterocycles. The van der Waals surface area contributed by atoms with Gasteiger partial charge in [0.05, 0.1) is 0 Å². The Hall–Kier alpha value is -1.87. The van der Waals surface area contributed by atoms with Crippen LogP contribution in [0, 0.1) is 5.92 Å². The van der Waals surface area contributed by atoms with Gasteiger partial charge in [-0.05, 0) is 37.3 Å². The van der Waals surface area contributed by atoms with E-state index in [1.807, 2.05) is 0 Å². The van der Waals surface area contributed by atoms with E-state index >= 15 is 0 Å². The molecule has 3 rings (SSSR count). The number of hydrogen-bond acceptors (Lipinski definition) is 5. The maximum absolute atomic E-state index is 12.7. The molecule has 1 amide bonds. The molecule has 2 unspecified atom stereocenters. The molecule has 9 heteroatoms. The Bertz CT molecular complexity index is 756. The first kappa shape index (κ1) is 17.0. The number of carbonyl (C=O) groups excluding carboxylic acids is 1. The molecule has 1 N–H and O–H groups in total. The van der Waals surface area contributed by atoms with E-state index in [1.165, 1.54) is 0 Å². The molecular formula is C15H20N2O6S. The molecule has 3 heterocycles. The maximum atomic E-state index is 12.7. The van der Waals surface area contributed by atoms with Gasteiger partial charge < -0.3 is 14.4 Å². The second kappa shape index (κ2) is 6.21. The zero-order valence-corrected chi connectivity index (χ0v) is 14.2. The summed E-state index contributed by atoms with van der Waals surface area (Å²) in [6, 6.07) is 1.49. The predicted molar refractivity (Wildman–Crippen MR) is 82.9 cm³/mol. The lowest BCUT2D eigenvalue weighted by molar-refractivity contribution is -0.133. The van der Waals surface area contributed by atoms with E-state index in [0.29, 0.717) is 31.8 Å². The van der Waals surface area contributed by atoms with Crippen molar-refractivity contribution in [2.24, 2.45) is 5.92 Å². The van der Waals surface area contributed by atoms with Gasteiger partial charge in [-0.1, -0.05) is 6.92 Å². The van der Waals surface area contributed by atoms with Gasteiger partial charge in [-0.3, -0.25) is 4.79 Å². The minimum atomic E-state index is -4.03. The molecule has 0 saturated carbocycles. The maximum Gasteiger partial charge on any atom is 0.371 e. The van der Waals surface area contributed by atoms with Crippen LogP contribution < -0.4 is 0 Å².